The molecule has 1 aliphatic heterocycles. The van der Waals surface area contributed by atoms with Crippen LogP contribution in [-0.2, 0) is 0 Å². The quantitative estimate of drug-likeness (QED) is 0.913. The molecule has 106 valence electrons. The van der Waals surface area contributed by atoms with E-state index in [1.165, 1.54) is 30.8 Å². The SMILES string of the molecule is NCC(C1CCCC1)N1CCN(c2nccs2)CC1. The number of anilines is 1. The van der Waals surface area contributed by atoms with E-state index in [2.05, 4.69) is 20.2 Å². The van der Waals surface area contributed by atoms with Crippen molar-refractivity contribution in [1.29, 1.82) is 0 Å². The molecule has 0 aromatic carbocycles. The molecule has 19 heavy (non-hydrogen) atoms. The lowest BCUT2D eigenvalue weighted by Crippen LogP contribution is -2.54. The van der Waals surface area contributed by atoms with Crippen LogP contribution in [0, 0.1) is 5.92 Å². The number of nitrogens with zero attached hydrogens (tertiary/aromatic N) is 3. The maximum Gasteiger partial charge on any atom is 0.185 e. The largest absolute Gasteiger partial charge is 0.346 e. The summed E-state index contributed by atoms with van der Waals surface area (Å²) < 4.78 is 0. The van der Waals surface area contributed by atoms with Crippen LogP contribution in [0.25, 0.3) is 0 Å². The smallest absolute Gasteiger partial charge is 0.185 e. The second-order valence-corrected chi connectivity index (χ2v) is 6.56. The highest BCUT2D eigenvalue weighted by Crippen LogP contribution is 2.30. The highest BCUT2D eigenvalue weighted by Gasteiger charge is 2.31. The summed E-state index contributed by atoms with van der Waals surface area (Å²) in [6.45, 7) is 5.28. The molecule has 0 bridgehead atoms. The number of hydrogen-bond donors (Lipinski definition) is 1. The molecule has 1 atom stereocenters. The Balaban J connectivity index is 1.56. The van der Waals surface area contributed by atoms with Crippen LogP contribution in [-0.4, -0.2) is 48.6 Å². The van der Waals surface area contributed by atoms with Crippen molar-refractivity contribution < 1.29 is 0 Å². The number of piperazine rings is 1. The molecule has 1 unspecified atom stereocenters. The Morgan fingerprint density at radius 2 is 2.00 bits per heavy atom. The topological polar surface area (TPSA) is 45.4 Å². The summed E-state index contributed by atoms with van der Waals surface area (Å²) in [6.07, 6.45) is 7.47. The van der Waals surface area contributed by atoms with Crippen LogP contribution >= 0.6 is 11.3 Å². The van der Waals surface area contributed by atoms with Crippen LogP contribution in [0.15, 0.2) is 11.6 Å². The second kappa shape index (κ2) is 6.20. The Hall–Kier alpha value is -0.650. The predicted octanol–water partition coefficient (Wildman–Crippen LogP) is 1.78. The Morgan fingerprint density at radius 3 is 2.58 bits per heavy atom. The Bertz CT molecular complexity index is 367. The molecular formula is C14H24N4S. The zero-order chi connectivity index (χ0) is 13.1. The number of nitrogens with two attached hydrogens (primary N) is 1. The van der Waals surface area contributed by atoms with E-state index in [1.807, 2.05) is 6.20 Å². The van der Waals surface area contributed by atoms with E-state index in [9.17, 15) is 0 Å². The van der Waals surface area contributed by atoms with Gasteiger partial charge in [-0.3, -0.25) is 4.90 Å². The van der Waals surface area contributed by atoms with E-state index < -0.39 is 0 Å². The molecule has 5 heteroatoms. The van der Waals surface area contributed by atoms with Gasteiger partial charge in [-0.25, -0.2) is 4.98 Å². The molecule has 2 fully saturated rings. The molecule has 1 aromatic heterocycles. The number of thiazole rings is 1. The zero-order valence-corrected chi connectivity index (χ0v) is 12.3. The van der Waals surface area contributed by atoms with E-state index in [-0.39, 0.29) is 0 Å². The van der Waals surface area contributed by atoms with Gasteiger partial charge in [-0.2, -0.15) is 0 Å². The van der Waals surface area contributed by atoms with Crippen molar-refractivity contribution in [2.45, 2.75) is 31.7 Å². The van der Waals surface area contributed by atoms with Gasteiger partial charge in [0, 0.05) is 50.3 Å². The van der Waals surface area contributed by atoms with E-state index in [1.54, 1.807) is 11.3 Å². The van der Waals surface area contributed by atoms with Crippen molar-refractivity contribution in [3.8, 4) is 0 Å². The molecule has 0 amide bonds. The third-order valence-corrected chi connectivity index (χ3v) is 5.49. The average Bonchev–Trinajstić information content (AvgIpc) is 3.14. The van der Waals surface area contributed by atoms with Gasteiger partial charge in [-0.1, -0.05) is 12.8 Å². The average molecular weight is 280 g/mol. The fourth-order valence-electron chi connectivity index (χ4n) is 3.60. The lowest BCUT2D eigenvalue weighted by molar-refractivity contribution is 0.139. The standard InChI is InChI=1S/C14H24N4S/c15-11-13(12-3-1-2-4-12)17-6-8-18(9-7-17)14-16-5-10-19-14/h5,10,12-13H,1-4,6-9,11,15H2. The summed E-state index contributed by atoms with van der Waals surface area (Å²) in [5.41, 5.74) is 6.05. The number of aromatic nitrogens is 1. The van der Waals surface area contributed by atoms with Crippen molar-refractivity contribution in [1.82, 2.24) is 9.88 Å². The zero-order valence-electron chi connectivity index (χ0n) is 11.5. The van der Waals surface area contributed by atoms with Crippen molar-refractivity contribution >= 4 is 16.5 Å². The maximum atomic E-state index is 6.05. The molecule has 3 rings (SSSR count). The first kappa shape index (κ1) is 13.3. The van der Waals surface area contributed by atoms with E-state index >= 15 is 0 Å². The third-order valence-electron chi connectivity index (χ3n) is 4.66. The van der Waals surface area contributed by atoms with E-state index in [4.69, 9.17) is 5.73 Å². The van der Waals surface area contributed by atoms with Crippen LogP contribution in [0.5, 0.6) is 0 Å². The van der Waals surface area contributed by atoms with Gasteiger partial charge in [-0.05, 0) is 18.8 Å². The molecule has 2 N–H and O–H groups in total. The van der Waals surface area contributed by atoms with Crippen molar-refractivity contribution in [3.63, 3.8) is 0 Å². The Kier molecular flexibility index (Phi) is 4.35. The Labute approximate surface area is 119 Å². The van der Waals surface area contributed by atoms with Crippen molar-refractivity contribution in [2.75, 3.05) is 37.6 Å². The normalized spacial score (nSPS) is 23.9. The van der Waals surface area contributed by atoms with Crippen LogP contribution < -0.4 is 10.6 Å². The minimum atomic E-state index is 0.612. The summed E-state index contributed by atoms with van der Waals surface area (Å²) in [7, 11) is 0. The maximum absolute atomic E-state index is 6.05. The monoisotopic (exact) mass is 280 g/mol. The second-order valence-electron chi connectivity index (χ2n) is 5.69. The lowest BCUT2D eigenvalue weighted by Gasteiger charge is -2.41. The van der Waals surface area contributed by atoms with Crippen LogP contribution in [0.2, 0.25) is 0 Å². The van der Waals surface area contributed by atoms with Crippen LogP contribution in [0.4, 0.5) is 5.13 Å². The summed E-state index contributed by atoms with van der Waals surface area (Å²) in [4.78, 5) is 9.44. The lowest BCUT2D eigenvalue weighted by atomic mass is 9.96. The van der Waals surface area contributed by atoms with Crippen LogP contribution in [0.3, 0.4) is 0 Å². The van der Waals surface area contributed by atoms with E-state index in [0.29, 0.717) is 6.04 Å². The van der Waals surface area contributed by atoms with Gasteiger partial charge in [0.15, 0.2) is 5.13 Å². The minimum absolute atomic E-state index is 0.612. The van der Waals surface area contributed by atoms with Gasteiger partial charge in [0.05, 0.1) is 0 Å². The summed E-state index contributed by atoms with van der Waals surface area (Å²) in [5.74, 6) is 0.844. The number of rotatable bonds is 4. The van der Waals surface area contributed by atoms with Gasteiger partial charge in [0.2, 0.25) is 0 Å². The molecule has 1 saturated carbocycles. The third kappa shape index (κ3) is 2.93. The Morgan fingerprint density at radius 1 is 1.26 bits per heavy atom. The minimum Gasteiger partial charge on any atom is -0.346 e. The fourth-order valence-corrected chi connectivity index (χ4v) is 4.30. The number of hydrogen-bond acceptors (Lipinski definition) is 5. The molecule has 2 heterocycles. The van der Waals surface area contributed by atoms with Gasteiger partial charge >= 0.3 is 0 Å². The molecule has 4 nitrogen and oxygen atoms in total. The highest BCUT2D eigenvalue weighted by atomic mass is 32.1. The van der Waals surface area contributed by atoms with Crippen molar-refractivity contribution in [2.24, 2.45) is 11.7 Å². The van der Waals surface area contributed by atoms with Gasteiger partial charge in [-0.15, -0.1) is 11.3 Å². The first-order chi connectivity index (χ1) is 9.38. The molecule has 1 aromatic rings. The predicted molar refractivity (Wildman–Crippen MR) is 80.7 cm³/mol. The van der Waals surface area contributed by atoms with E-state index in [0.717, 1.165) is 38.6 Å². The summed E-state index contributed by atoms with van der Waals surface area (Å²) >= 11 is 1.74. The molecule has 1 saturated heterocycles. The first-order valence-corrected chi connectivity index (χ1v) is 8.35. The summed E-state index contributed by atoms with van der Waals surface area (Å²) in [6, 6.07) is 0.612. The fraction of sp³-hybridized carbons (Fsp3) is 0.786. The molecule has 0 spiro atoms. The van der Waals surface area contributed by atoms with Crippen LogP contribution in [0.1, 0.15) is 25.7 Å². The van der Waals surface area contributed by atoms with Gasteiger partial charge in [0.25, 0.3) is 0 Å². The molecule has 2 aliphatic rings. The molecule has 0 radical (unpaired) electrons. The highest BCUT2D eigenvalue weighted by molar-refractivity contribution is 7.13. The van der Waals surface area contributed by atoms with Gasteiger partial charge in [0.1, 0.15) is 0 Å². The first-order valence-electron chi connectivity index (χ1n) is 7.47. The summed E-state index contributed by atoms with van der Waals surface area (Å²) in [5, 5.41) is 3.23. The van der Waals surface area contributed by atoms with Gasteiger partial charge < -0.3 is 10.6 Å². The molecular weight excluding hydrogens is 256 g/mol. The van der Waals surface area contributed by atoms with Crippen molar-refractivity contribution in [3.05, 3.63) is 11.6 Å². The molecule has 1 aliphatic carbocycles.